The van der Waals surface area contributed by atoms with Gasteiger partial charge in [-0.25, -0.2) is 0 Å². The number of aliphatic imine (C=N–C) groups is 1. The molecule has 0 bridgehead atoms. The number of nitrogens with zero attached hydrogens (tertiary/aromatic N) is 1. The van der Waals surface area contributed by atoms with E-state index in [4.69, 9.17) is 5.73 Å². The highest BCUT2D eigenvalue weighted by molar-refractivity contribution is 5.82. The molecule has 2 N–H and O–H groups in total. The lowest BCUT2D eigenvalue weighted by molar-refractivity contribution is 0.775. The van der Waals surface area contributed by atoms with Gasteiger partial charge in [0.15, 0.2) is 0 Å². The maximum absolute atomic E-state index is 5.85. The van der Waals surface area contributed by atoms with Crippen molar-refractivity contribution in [2.45, 2.75) is 33.7 Å². The van der Waals surface area contributed by atoms with Gasteiger partial charge >= 0.3 is 0 Å². The number of rotatable bonds is 3. The second-order valence-corrected chi connectivity index (χ2v) is 4.24. The summed E-state index contributed by atoms with van der Waals surface area (Å²) in [6.45, 7) is 8.30. The van der Waals surface area contributed by atoms with Crippen LogP contribution in [0.3, 0.4) is 0 Å². The molecule has 0 radical (unpaired) electrons. The molecule has 1 aromatic rings. The lowest BCUT2D eigenvalue weighted by atomic mass is 10.0. The van der Waals surface area contributed by atoms with Crippen LogP contribution in [0.2, 0.25) is 0 Å². The van der Waals surface area contributed by atoms with E-state index in [2.05, 4.69) is 44.8 Å². The van der Waals surface area contributed by atoms with Crippen molar-refractivity contribution in [3.63, 3.8) is 0 Å². The molecular weight excluding hydrogens is 184 g/mol. The van der Waals surface area contributed by atoms with Crippen LogP contribution in [0.5, 0.6) is 0 Å². The molecule has 0 saturated heterocycles. The van der Waals surface area contributed by atoms with Crippen LogP contribution in [0, 0.1) is 12.8 Å². The molecule has 0 saturated carbocycles. The minimum atomic E-state index is 0.147. The third-order valence-electron chi connectivity index (χ3n) is 2.57. The maximum Gasteiger partial charge on any atom is 0.0970 e. The van der Waals surface area contributed by atoms with Gasteiger partial charge in [0.1, 0.15) is 0 Å². The number of amidine groups is 1. The number of hydrogen-bond donors (Lipinski definition) is 1. The van der Waals surface area contributed by atoms with Gasteiger partial charge in [-0.2, -0.15) is 0 Å². The van der Waals surface area contributed by atoms with Crippen LogP contribution >= 0.6 is 0 Å². The largest absolute Gasteiger partial charge is 0.387 e. The molecule has 1 rings (SSSR count). The third kappa shape index (κ3) is 3.08. The van der Waals surface area contributed by atoms with Crippen molar-refractivity contribution in [1.82, 2.24) is 0 Å². The number of benzene rings is 1. The molecule has 1 atom stereocenters. The zero-order chi connectivity index (χ0) is 11.4. The quantitative estimate of drug-likeness (QED) is 0.596. The van der Waals surface area contributed by atoms with E-state index in [0.29, 0.717) is 5.92 Å². The van der Waals surface area contributed by atoms with Crippen molar-refractivity contribution in [1.29, 1.82) is 0 Å². The Morgan fingerprint density at radius 2 is 1.80 bits per heavy atom. The topological polar surface area (TPSA) is 38.4 Å². The molecule has 1 unspecified atom stereocenters. The highest BCUT2D eigenvalue weighted by Crippen LogP contribution is 2.20. The molecule has 15 heavy (non-hydrogen) atoms. The van der Waals surface area contributed by atoms with Gasteiger partial charge in [-0.15, -0.1) is 0 Å². The highest BCUT2D eigenvalue weighted by Gasteiger charge is 2.08. The first-order valence-electron chi connectivity index (χ1n) is 5.41. The van der Waals surface area contributed by atoms with Crippen LogP contribution in [-0.2, 0) is 0 Å². The molecule has 2 nitrogen and oxygen atoms in total. The molecule has 0 fully saturated rings. The monoisotopic (exact) mass is 204 g/mol. The SMILES string of the molecule is Cc1ccccc1C(C)N=C(N)C(C)C. The zero-order valence-corrected chi connectivity index (χ0v) is 9.99. The summed E-state index contributed by atoms with van der Waals surface area (Å²) in [5.41, 5.74) is 8.37. The van der Waals surface area contributed by atoms with Gasteiger partial charge in [-0.05, 0) is 25.0 Å². The fraction of sp³-hybridized carbons (Fsp3) is 0.462. The van der Waals surface area contributed by atoms with E-state index in [0.717, 1.165) is 5.84 Å². The van der Waals surface area contributed by atoms with Crippen LogP contribution < -0.4 is 5.73 Å². The maximum atomic E-state index is 5.85. The predicted molar refractivity (Wildman–Crippen MR) is 66.1 cm³/mol. The van der Waals surface area contributed by atoms with Crippen molar-refractivity contribution in [2.75, 3.05) is 0 Å². The average Bonchev–Trinajstić information content (AvgIpc) is 2.18. The average molecular weight is 204 g/mol. The van der Waals surface area contributed by atoms with Crippen molar-refractivity contribution >= 4 is 5.84 Å². The summed E-state index contributed by atoms with van der Waals surface area (Å²) in [6.07, 6.45) is 0. The first kappa shape index (κ1) is 11.8. The second kappa shape index (κ2) is 4.96. The Labute approximate surface area is 92.2 Å². The molecule has 0 aliphatic rings. The lowest BCUT2D eigenvalue weighted by Crippen LogP contribution is -2.19. The number of nitrogens with two attached hydrogens (primary N) is 1. The zero-order valence-electron chi connectivity index (χ0n) is 9.99. The van der Waals surface area contributed by atoms with Crippen molar-refractivity contribution in [3.8, 4) is 0 Å². The summed E-state index contributed by atoms with van der Waals surface area (Å²) in [5.74, 6) is 1.04. The van der Waals surface area contributed by atoms with Gasteiger partial charge in [0.05, 0.1) is 11.9 Å². The normalized spacial score (nSPS) is 14.3. The van der Waals surface area contributed by atoms with Crippen LogP contribution in [-0.4, -0.2) is 5.84 Å². The molecular formula is C13H20N2. The van der Waals surface area contributed by atoms with Gasteiger partial charge in [-0.1, -0.05) is 38.1 Å². The van der Waals surface area contributed by atoms with E-state index in [9.17, 15) is 0 Å². The Morgan fingerprint density at radius 1 is 1.20 bits per heavy atom. The molecule has 0 aliphatic heterocycles. The van der Waals surface area contributed by atoms with Crippen molar-refractivity contribution in [3.05, 3.63) is 35.4 Å². The summed E-state index contributed by atoms with van der Waals surface area (Å²) in [4.78, 5) is 4.50. The van der Waals surface area contributed by atoms with Crippen LogP contribution in [0.1, 0.15) is 37.9 Å². The van der Waals surface area contributed by atoms with Crippen molar-refractivity contribution < 1.29 is 0 Å². The fourth-order valence-corrected chi connectivity index (χ4v) is 1.50. The summed E-state index contributed by atoms with van der Waals surface area (Å²) in [5, 5.41) is 0. The molecule has 0 amide bonds. The fourth-order valence-electron chi connectivity index (χ4n) is 1.50. The molecule has 0 aliphatic carbocycles. The summed E-state index contributed by atoms with van der Waals surface area (Å²) < 4.78 is 0. The Kier molecular flexibility index (Phi) is 3.89. The molecule has 82 valence electrons. The van der Waals surface area contributed by atoms with E-state index in [1.54, 1.807) is 0 Å². The van der Waals surface area contributed by atoms with Crippen molar-refractivity contribution in [2.24, 2.45) is 16.6 Å². The Morgan fingerprint density at radius 3 is 2.33 bits per heavy atom. The Bertz CT molecular complexity index is 353. The molecule has 0 heterocycles. The lowest BCUT2D eigenvalue weighted by Gasteiger charge is -2.12. The molecule has 2 heteroatoms. The van der Waals surface area contributed by atoms with Gasteiger partial charge in [0.2, 0.25) is 0 Å². The van der Waals surface area contributed by atoms with Gasteiger partial charge < -0.3 is 5.73 Å². The molecule has 0 aromatic heterocycles. The first-order chi connectivity index (χ1) is 7.02. The summed E-state index contributed by atoms with van der Waals surface area (Å²) in [6, 6.07) is 8.44. The minimum Gasteiger partial charge on any atom is -0.387 e. The van der Waals surface area contributed by atoms with E-state index < -0.39 is 0 Å². The van der Waals surface area contributed by atoms with Crippen LogP contribution in [0.25, 0.3) is 0 Å². The second-order valence-electron chi connectivity index (χ2n) is 4.24. The number of aryl methyl sites for hydroxylation is 1. The predicted octanol–water partition coefficient (Wildman–Crippen LogP) is 3.07. The number of hydrogen-bond acceptors (Lipinski definition) is 1. The smallest absolute Gasteiger partial charge is 0.0970 e. The summed E-state index contributed by atoms with van der Waals surface area (Å²) >= 11 is 0. The van der Waals surface area contributed by atoms with E-state index in [1.807, 2.05) is 12.1 Å². The molecule has 1 aromatic carbocycles. The van der Waals surface area contributed by atoms with Gasteiger partial charge in [0, 0.05) is 5.92 Å². The minimum absolute atomic E-state index is 0.147. The van der Waals surface area contributed by atoms with E-state index >= 15 is 0 Å². The van der Waals surface area contributed by atoms with Crippen LogP contribution in [0.15, 0.2) is 29.3 Å². The summed E-state index contributed by atoms with van der Waals surface area (Å²) in [7, 11) is 0. The first-order valence-corrected chi connectivity index (χ1v) is 5.41. The van der Waals surface area contributed by atoms with Gasteiger partial charge in [-0.3, -0.25) is 4.99 Å². The van der Waals surface area contributed by atoms with E-state index in [1.165, 1.54) is 11.1 Å². The highest BCUT2D eigenvalue weighted by atomic mass is 14.9. The molecule has 0 spiro atoms. The third-order valence-corrected chi connectivity index (χ3v) is 2.57. The van der Waals surface area contributed by atoms with E-state index in [-0.39, 0.29) is 6.04 Å². The van der Waals surface area contributed by atoms with Crippen LogP contribution in [0.4, 0.5) is 0 Å². The van der Waals surface area contributed by atoms with Gasteiger partial charge in [0.25, 0.3) is 0 Å². The Balaban J connectivity index is 2.91. The Hall–Kier alpha value is -1.31. The standard InChI is InChI=1S/C13H20N2/c1-9(2)13(14)15-11(4)12-8-6-5-7-10(12)3/h5-9,11H,1-4H3,(H2,14,15).